The molecule has 15 heavy (non-hydrogen) atoms. The molecule has 0 amide bonds. The van der Waals surface area contributed by atoms with Crippen molar-refractivity contribution >= 4 is 37.3 Å². The van der Waals surface area contributed by atoms with Crippen LogP contribution in [0.15, 0.2) is 24.3 Å². The molecule has 0 saturated carbocycles. The molecule has 0 aliphatic carbocycles. The molecule has 1 N–H and O–H groups in total. The number of rotatable bonds is 1. The lowest BCUT2D eigenvalue weighted by molar-refractivity contribution is -0.384. The number of halogens is 2. The first-order chi connectivity index (χ1) is 6.70. The van der Waals surface area contributed by atoms with Gasteiger partial charge < -0.3 is 0 Å². The SMILES string of the molecule is O=S(=O)(O)Cl.O=[N+]([O-])c1cccc(Cl)c1. The van der Waals surface area contributed by atoms with Crippen LogP contribution in [0.3, 0.4) is 0 Å². The van der Waals surface area contributed by atoms with E-state index in [-0.39, 0.29) is 5.69 Å². The maximum absolute atomic E-state index is 10.1. The van der Waals surface area contributed by atoms with Crippen molar-refractivity contribution in [3.63, 3.8) is 0 Å². The van der Waals surface area contributed by atoms with E-state index in [4.69, 9.17) is 24.6 Å². The van der Waals surface area contributed by atoms with Crippen molar-refractivity contribution in [1.29, 1.82) is 0 Å². The van der Waals surface area contributed by atoms with Crippen LogP contribution >= 0.6 is 22.3 Å². The summed E-state index contributed by atoms with van der Waals surface area (Å²) in [6, 6.07) is 5.84. The standard InChI is InChI=1S/C6H4ClNO2.ClHO3S/c7-5-2-1-3-6(4-5)8(9)10;1-5(2,3)4/h1-4H;(H,2,3,4). The predicted octanol–water partition coefficient (Wildman–Crippen LogP) is 2.28. The molecule has 0 bridgehead atoms. The van der Waals surface area contributed by atoms with Crippen LogP contribution in [0, 0.1) is 10.1 Å². The number of hydrogen-bond donors (Lipinski definition) is 1. The minimum absolute atomic E-state index is 0.0208. The second-order valence-electron chi connectivity index (χ2n) is 2.15. The molecule has 1 aromatic carbocycles. The Balaban J connectivity index is 0.000000336. The summed E-state index contributed by atoms with van der Waals surface area (Å²) in [4.78, 5) is 9.62. The lowest BCUT2D eigenvalue weighted by atomic mass is 10.3. The Bertz CT molecular complexity index is 439. The van der Waals surface area contributed by atoms with Crippen LogP contribution in [0.5, 0.6) is 0 Å². The van der Waals surface area contributed by atoms with Crippen molar-refractivity contribution in [3.05, 3.63) is 39.4 Å². The van der Waals surface area contributed by atoms with E-state index in [2.05, 4.69) is 10.7 Å². The average Bonchev–Trinajstić information content (AvgIpc) is 2.00. The highest BCUT2D eigenvalue weighted by molar-refractivity contribution is 8.09. The molecule has 6 nitrogen and oxygen atoms in total. The van der Waals surface area contributed by atoms with E-state index >= 15 is 0 Å². The molecule has 0 aliphatic heterocycles. The summed E-state index contributed by atoms with van der Waals surface area (Å²) in [6.07, 6.45) is 0. The Morgan fingerprint density at radius 3 is 2.13 bits per heavy atom. The van der Waals surface area contributed by atoms with Gasteiger partial charge in [0, 0.05) is 27.8 Å². The summed E-state index contributed by atoms with van der Waals surface area (Å²) in [6.45, 7) is 0. The van der Waals surface area contributed by atoms with E-state index < -0.39 is 14.3 Å². The second kappa shape index (κ2) is 5.86. The van der Waals surface area contributed by atoms with Gasteiger partial charge in [0.15, 0.2) is 0 Å². The van der Waals surface area contributed by atoms with Gasteiger partial charge in [-0.25, -0.2) is 0 Å². The second-order valence-corrected chi connectivity index (χ2v) is 4.58. The molecule has 0 unspecified atom stereocenters. The minimum atomic E-state index is -4.19. The zero-order valence-corrected chi connectivity index (χ0v) is 9.33. The van der Waals surface area contributed by atoms with Gasteiger partial charge in [-0.3, -0.25) is 14.7 Å². The fourth-order valence-electron chi connectivity index (χ4n) is 0.590. The first kappa shape index (κ1) is 14.1. The van der Waals surface area contributed by atoms with Crippen molar-refractivity contribution in [2.24, 2.45) is 0 Å². The van der Waals surface area contributed by atoms with Gasteiger partial charge in [0.25, 0.3) is 5.69 Å². The summed E-state index contributed by atoms with van der Waals surface area (Å²) < 4.78 is 25.2. The van der Waals surface area contributed by atoms with E-state index in [0.717, 1.165) is 0 Å². The Labute approximate surface area is 94.8 Å². The zero-order valence-electron chi connectivity index (χ0n) is 7.00. The van der Waals surface area contributed by atoms with Gasteiger partial charge in [-0.15, -0.1) is 0 Å². The maximum atomic E-state index is 10.1. The van der Waals surface area contributed by atoms with Crippen LogP contribution in [-0.2, 0) is 9.33 Å². The number of hydrogen-bond acceptors (Lipinski definition) is 4. The van der Waals surface area contributed by atoms with Crippen LogP contribution < -0.4 is 0 Å². The van der Waals surface area contributed by atoms with Crippen molar-refractivity contribution < 1.29 is 17.9 Å². The molecule has 1 rings (SSSR count). The van der Waals surface area contributed by atoms with Gasteiger partial charge in [0.05, 0.1) is 4.92 Å². The highest BCUT2D eigenvalue weighted by Gasteiger charge is 2.02. The fraction of sp³-hybridized carbons (Fsp3) is 0. The highest BCUT2D eigenvalue weighted by atomic mass is 35.7. The lowest BCUT2D eigenvalue weighted by Gasteiger charge is -1.89. The molecular weight excluding hydrogens is 269 g/mol. The zero-order chi connectivity index (χ0) is 12.1. The van der Waals surface area contributed by atoms with Gasteiger partial charge in [-0.2, -0.15) is 8.42 Å². The quantitative estimate of drug-likeness (QED) is 0.366. The van der Waals surface area contributed by atoms with E-state index in [9.17, 15) is 10.1 Å². The Morgan fingerprint density at radius 2 is 1.87 bits per heavy atom. The van der Waals surface area contributed by atoms with Crippen LogP contribution in [0.4, 0.5) is 5.69 Å². The summed E-state index contributed by atoms with van der Waals surface area (Å²) >= 11 is 5.48. The molecule has 0 aromatic heterocycles. The number of nitro groups is 1. The third-order valence-electron chi connectivity index (χ3n) is 1.02. The van der Waals surface area contributed by atoms with Crippen molar-refractivity contribution in [1.82, 2.24) is 0 Å². The average molecular weight is 274 g/mol. The number of nitrogens with zero attached hydrogens (tertiary/aromatic N) is 1. The van der Waals surface area contributed by atoms with Crippen LogP contribution in [0.1, 0.15) is 0 Å². The molecule has 0 aliphatic rings. The molecule has 1 aromatic rings. The lowest BCUT2D eigenvalue weighted by Crippen LogP contribution is -1.85. The molecule has 0 spiro atoms. The first-order valence-electron chi connectivity index (χ1n) is 3.27. The topological polar surface area (TPSA) is 97.5 Å². The van der Waals surface area contributed by atoms with Gasteiger partial charge in [0.2, 0.25) is 0 Å². The third-order valence-corrected chi connectivity index (χ3v) is 1.25. The van der Waals surface area contributed by atoms with Crippen molar-refractivity contribution in [3.8, 4) is 0 Å². The molecule has 0 saturated heterocycles. The van der Waals surface area contributed by atoms with Crippen LogP contribution in [0.25, 0.3) is 0 Å². The Kier molecular flexibility index (Phi) is 5.51. The summed E-state index contributed by atoms with van der Waals surface area (Å²) in [5, 5.41) is 10.5. The van der Waals surface area contributed by atoms with E-state index in [0.29, 0.717) is 5.02 Å². The molecule has 0 heterocycles. The van der Waals surface area contributed by atoms with E-state index in [1.54, 1.807) is 12.1 Å². The fourth-order valence-corrected chi connectivity index (χ4v) is 0.774. The largest absolute Gasteiger partial charge is 0.353 e. The Hall–Kier alpha value is -0.890. The first-order valence-corrected chi connectivity index (χ1v) is 5.91. The third kappa shape index (κ3) is 9.42. The number of benzene rings is 1. The van der Waals surface area contributed by atoms with Crippen molar-refractivity contribution in [2.75, 3.05) is 0 Å². The Morgan fingerprint density at radius 1 is 1.40 bits per heavy atom. The van der Waals surface area contributed by atoms with Crippen LogP contribution in [-0.4, -0.2) is 17.9 Å². The summed E-state index contributed by atoms with van der Waals surface area (Å²) in [7, 11) is -0.137. The summed E-state index contributed by atoms with van der Waals surface area (Å²) in [5.41, 5.74) is 0.0208. The molecule has 9 heteroatoms. The van der Waals surface area contributed by atoms with Crippen LogP contribution in [0.2, 0.25) is 5.02 Å². The normalized spacial score (nSPS) is 10.1. The number of non-ortho nitro benzene ring substituents is 1. The highest BCUT2D eigenvalue weighted by Crippen LogP contribution is 2.16. The molecule has 0 radical (unpaired) electrons. The van der Waals surface area contributed by atoms with Gasteiger partial charge >= 0.3 is 9.33 Å². The minimum Gasteiger partial charge on any atom is -0.273 e. The van der Waals surface area contributed by atoms with Gasteiger partial charge in [-0.05, 0) is 6.07 Å². The maximum Gasteiger partial charge on any atom is 0.353 e. The monoisotopic (exact) mass is 273 g/mol. The van der Waals surface area contributed by atoms with Gasteiger partial charge in [-0.1, -0.05) is 17.7 Å². The molecule has 84 valence electrons. The summed E-state index contributed by atoms with van der Waals surface area (Å²) in [5.74, 6) is 0. The van der Waals surface area contributed by atoms with E-state index in [1.165, 1.54) is 12.1 Å². The molecular formula is C6H5Cl2NO5S. The molecule has 0 fully saturated rings. The molecule has 0 atom stereocenters. The van der Waals surface area contributed by atoms with Gasteiger partial charge in [0.1, 0.15) is 0 Å². The van der Waals surface area contributed by atoms with E-state index in [1.807, 2.05) is 0 Å². The predicted molar refractivity (Wildman–Crippen MR) is 55.5 cm³/mol. The van der Waals surface area contributed by atoms with Crippen molar-refractivity contribution in [2.45, 2.75) is 0 Å². The smallest absolute Gasteiger partial charge is 0.273 e. The number of nitro benzene ring substituents is 1.